The Morgan fingerprint density at radius 2 is 2.21 bits per heavy atom. The molecule has 5 heteroatoms. The topological polar surface area (TPSA) is 64.3 Å². The molecule has 0 heterocycles. The second-order valence-electron chi connectivity index (χ2n) is 2.66. The highest BCUT2D eigenvalue weighted by Crippen LogP contribution is 2.28. The van der Waals surface area contributed by atoms with Crippen LogP contribution in [0, 0.1) is 0 Å². The number of hydrogen-bond acceptors (Lipinski definition) is 4. The van der Waals surface area contributed by atoms with Gasteiger partial charge in [-0.2, -0.15) is 0 Å². The molecule has 1 rings (SSSR count). The van der Waals surface area contributed by atoms with Crippen LogP contribution in [0.2, 0.25) is 5.02 Å². The molecule has 0 aliphatic rings. The molecule has 0 amide bonds. The van der Waals surface area contributed by atoms with Crippen LogP contribution in [0.25, 0.3) is 0 Å². The van der Waals surface area contributed by atoms with Gasteiger partial charge in [-0.3, -0.25) is 0 Å². The van der Waals surface area contributed by atoms with Crippen molar-refractivity contribution in [1.82, 2.24) is 0 Å². The lowest BCUT2D eigenvalue weighted by atomic mass is 10.1. The molecule has 0 bridgehead atoms. The molecule has 0 saturated carbocycles. The van der Waals surface area contributed by atoms with Gasteiger partial charge in [0.15, 0.2) is 0 Å². The first kappa shape index (κ1) is 10.7. The van der Waals surface area contributed by atoms with Crippen molar-refractivity contribution in [2.45, 2.75) is 0 Å². The summed E-state index contributed by atoms with van der Waals surface area (Å²) in [6.45, 7) is 0. The number of esters is 1. The lowest BCUT2D eigenvalue weighted by molar-refractivity contribution is 0.0602. The Bertz CT molecular complexity index is 366. The van der Waals surface area contributed by atoms with E-state index >= 15 is 0 Å². The first-order valence-electron chi connectivity index (χ1n) is 3.95. The number of nitrogen functional groups attached to an aromatic ring is 1. The number of methoxy groups -OCH3 is 1. The first-order chi connectivity index (χ1) is 6.60. The van der Waals surface area contributed by atoms with E-state index in [0.717, 1.165) is 0 Å². The number of halogens is 1. The molecule has 0 unspecified atom stereocenters. The molecule has 1 aromatic rings. The number of benzene rings is 1. The highest BCUT2D eigenvalue weighted by atomic mass is 35.5. The summed E-state index contributed by atoms with van der Waals surface area (Å²) in [4.78, 5) is 11.3. The van der Waals surface area contributed by atoms with Crippen LogP contribution in [0.3, 0.4) is 0 Å². The van der Waals surface area contributed by atoms with E-state index in [1.165, 1.54) is 13.2 Å². The van der Waals surface area contributed by atoms with Gasteiger partial charge >= 0.3 is 5.97 Å². The van der Waals surface area contributed by atoms with Gasteiger partial charge in [-0.1, -0.05) is 11.6 Å². The van der Waals surface area contributed by atoms with Crippen molar-refractivity contribution < 1.29 is 9.53 Å². The monoisotopic (exact) mass is 214 g/mol. The van der Waals surface area contributed by atoms with Crippen molar-refractivity contribution in [3.05, 3.63) is 22.7 Å². The average Bonchev–Trinajstić information content (AvgIpc) is 2.15. The van der Waals surface area contributed by atoms with E-state index in [0.29, 0.717) is 22.0 Å². The lowest BCUT2D eigenvalue weighted by Gasteiger charge is -2.10. The molecule has 0 aromatic heterocycles. The minimum absolute atomic E-state index is 0.333. The Hall–Kier alpha value is -1.42. The Labute approximate surface area is 87.0 Å². The third kappa shape index (κ3) is 1.90. The van der Waals surface area contributed by atoms with Gasteiger partial charge in [-0.15, -0.1) is 0 Å². The van der Waals surface area contributed by atoms with E-state index in [1.54, 1.807) is 13.1 Å². The van der Waals surface area contributed by atoms with Crippen molar-refractivity contribution in [3.63, 3.8) is 0 Å². The number of rotatable bonds is 2. The number of ether oxygens (including phenoxy) is 1. The number of hydrogen-bond donors (Lipinski definition) is 2. The van der Waals surface area contributed by atoms with Gasteiger partial charge in [0.1, 0.15) is 0 Å². The molecular weight excluding hydrogens is 204 g/mol. The second-order valence-corrected chi connectivity index (χ2v) is 3.10. The molecule has 0 atom stereocenters. The quantitative estimate of drug-likeness (QED) is 0.582. The standard InChI is InChI=1S/C9H11ClN2O2/c1-12-8-6(9(13)14-2)3-5(10)4-7(8)11/h3-4,12H,11H2,1-2H3. The summed E-state index contributed by atoms with van der Waals surface area (Å²) < 4.78 is 4.60. The fourth-order valence-electron chi connectivity index (χ4n) is 1.18. The van der Waals surface area contributed by atoms with Gasteiger partial charge in [-0.25, -0.2) is 4.79 Å². The zero-order valence-electron chi connectivity index (χ0n) is 7.93. The molecule has 0 aliphatic heterocycles. The maximum Gasteiger partial charge on any atom is 0.340 e. The molecule has 0 saturated heterocycles. The van der Waals surface area contributed by atoms with E-state index < -0.39 is 5.97 Å². The Morgan fingerprint density at radius 1 is 1.57 bits per heavy atom. The average molecular weight is 215 g/mol. The van der Waals surface area contributed by atoms with Gasteiger partial charge < -0.3 is 15.8 Å². The first-order valence-corrected chi connectivity index (χ1v) is 4.33. The van der Waals surface area contributed by atoms with Crippen LogP contribution in [0.1, 0.15) is 10.4 Å². The lowest BCUT2D eigenvalue weighted by Crippen LogP contribution is -2.08. The van der Waals surface area contributed by atoms with Crippen LogP contribution in [0.5, 0.6) is 0 Å². The summed E-state index contributed by atoms with van der Waals surface area (Å²) in [7, 11) is 2.98. The molecule has 0 aliphatic carbocycles. The molecule has 3 N–H and O–H groups in total. The van der Waals surface area contributed by atoms with Gasteiger partial charge in [0.2, 0.25) is 0 Å². The molecule has 0 spiro atoms. The van der Waals surface area contributed by atoms with Crippen molar-refractivity contribution in [2.75, 3.05) is 25.2 Å². The molecule has 76 valence electrons. The largest absolute Gasteiger partial charge is 0.465 e. The van der Waals surface area contributed by atoms with Crippen LogP contribution in [-0.2, 0) is 4.74 Å². The molecular formula is C9H11ClN2O2. The maximum atomic E-state index is 11.3. The minimum Gasteiger partial charge on any atom is -0.465 e. The SMILES string of the molecule is CNc1c(N)cc(Cl)cc1C(=O)OC. The predicted molar refractivity (Wildman–Crippen MR) is 56.8 cm³/mol. The Kier molecular flexibility index (Phi) is 3.19. The zero-order chi connectivity index (χ0) is 10.7. The third-order valence-electron chi connectivity index (χ3n) is 1.79. The van der Waals surface area contributed by atoms with Gasteiger partial charge in [-0.05, 0) is 12.1 Å². The molecule has 1 aromatic carbocycles. The highest BCUT2D eigenvalue weighted by Gasteiger charge is 2.14. The summed E-state index contributed by atoms with van der Waals surface area (Å²) in [5, 5.41) is 3.23. The van der Waals surface area contributed by atoms with Crippen molar-refractivity contribution >= 4 is 28.9 Å². The van der Waals surface area contributed by atoms with Crippen LogP contribution in [-0.4, -0.2) is 20.1 Å². The fraction of sp³-hybridized carbons (Fsp3) is 0.222. The summed E-state index contributed by atoms with van der Waals surface area (Å²) in [5.74, 6) is -0.469. The van der Waals surface area contributed by atoms with E-state index in [1.807, 2.05) is 0 Å². The summed E-state index contributed by atoms with van der Waals surface area (Å²) >= 11 is 5.76. The van der Waals surface area contributed by atoms with Crippen molar-refractivity contribution in [1.29, 1.82) is 0 Å². The second kappa shape index (κ2) is 4.19. The Balaban J connectivity index is 3.32. The molecule has 14 heavy (non-hydrogen) atoms. The van der Waals surface area contributed by atoms with Crippen molar-refractivity contribution in [2.24, 2.45) is 0 Å². The molecule has 0 fully saturated rings. The van der Waals surface area contributed by atoms with Crippen LogP contribution in [0.4, 0.5) is 11.4 Å². The zero-order valence-corrected chi connectivity index (χ0v) is 8.68. The van der Waals surface area contributed by atoms with E-state index in [4.69, 9.17) is 17.3 Å². The smallest absolute Gasteiger partial charge is 0.340 e. The van der Waals surface area contributed by atoms with Gasteiger partial charge in [0.25, 0.3) is 0 Å². The molecule has 0 radical (unpaired) electrons. The van der Waals surface area contributed by atoms with Crippen LogP contribution in [0.15, 0.2) is 12.1 Å². The summed E-state index contributed by atoms with van der Waals surface area (Å²) in [5.41, 5.74) is 6.95. The fourth-order valence-corrected chi connectivity index (χ4v) is 1.40. The van der Waals surface area contributed by atoms with Crippen molar-refractivity contribution in [3.8, 4) is 0 Å². The highest BCUT2D eigenvalue weighted by molar-refractivity contribution is 6.31. The van der Waals surface area contributed by atoms with E-state index in [2.05, 4.69) is 10.1 Å². The summed E-state index contributed by atoms with van der Waals surface area (Å²) in [6, 6.07) is 3.08. The molecule has 4 nitrogen and oxygen atoms in total. The number of nitrogens with two attached hydrogens (primary N) is 1. The minimum atomic E-state index is -0.469. The van der Waals surface area contributed by atoms with E-state index in [9.17, 15) is 4.79 Å². The van der Waals surface area contributed by atoms with Crippen LogP contribution < -0.4 is 11.1 Å². The summed E-state index contributed by atoms with van der Waals surface area (Å²) in [6.07, 6.45) is 0. The van der Waals surface area contributed by atoms with E-state index in [-0.39, 0.29) is 0 Å². The van der Waals surface area contributed by atoms with Crippen LogP contribution >= 0.6 is 11.6 Å². The number of carbonyl (C=O) groups is 1. The number of carbonyl (C=O) groups excluding carboxylic acids is 1. The normalized spacial score (nSPS) is 9.64. The predicted octanol–water partition coefficient (Wildman–Crippen LogP) is 1.75. The third-order valence-corrected chi connectivity index (χ3v) is 2.01. The number of anilines is 2. The number of nitrogens with one attached hydrogen (secondary N) is 1. The van der Waals surface area contributed by atoms with Gasteiger partial charge in [0.05, 0.1) is 24.0 Å². The maximum absolute atomic E-state index is 11.3. The van der Waals surface area contributed by atoms with Gasteiger partial charge in [0, 0.05) is 12.1 Å². The Morgan fingerprint density at radius 3 is 2.71 bits per heavy atom.